The number of hydrogen-bond acceptors (Lipinski definition) is 4. The lowest BCUT2D eigenvalue weighted by atomic mass is 10.1. The number of aromatic hydroxyl groups is 1. The first-order chi connectivity index (χ1) is 13.1. The first-order valence-electron chi connectivity index (χ1n) is 8.59. The van der Waals surface area contributed by atoms with Gasteiger partial charge in [-0.25, -0.2) is 4.79 Å². The average molecular weight is 366 g/mol. The number of urea groups is 1. The van der Waals surface area contributed by atoms with Crippen LogP contribution >= 0.6 is 0 Å². The molecular weight excluding hydrogens is 344 g/mol. The third-order valence-electron chi connectivity index (χ3n) is 4.29. The summed E-state index contributed by atoms with van der Waals surface area (Å²) < 4.78 is 10.5. The number of fused-ring (bicyclic) bond motifs is 1. The minimum absolute atomic E-state index is 0.185. The van der Waals surface area contributed by atoms with Crippen molar-refractivity contribution >= 4 is 22.5 Å². The van der Waals surface area contributed by atoms with Crippen molar-refractivity contribution in [3.8, 4) is 17.2 Å². The summed E-state index contributed by atoms with van der Waals surface area (Å²) in [5.74, 6) is 1.52. The zero-order chi connectivity index (χ0) is 19.2. The van der Waals surface area contributed by atoms with E-state index < -0.39 is 0 Å². The van der Waals surface area contributed by atoms with Gasteiger partial charge in [0.1, 0.15) is 5.75 Å². The van der Waals surface area contributed by atoms with Crippen LogP contribution in [0, 0.1) is 0 Å². The second-order valence-electron chi connectivity index (χ2n) is 6.00. The Kier molecular flexibility index (Phi) is 5.66. The van der Waals surface area contributed by atoms with Gasteiger partial charge in [-0.3, -0.25) is 0 Å². The molecule has 140 valence electrons. The first kappa shape index (κ1) is 18.4. The molecule has 3 N–H and O–H groups in total. The van der Waals surface area contributed by atoms with E-state index in [1.54, 1.807) is 38.5 Å². The molecule has 0 saturated heterocycles. The normalized spacial score (nSPS) is 10.4. The van der Waals surface area contributed by atoms with Crippen molar-refractivity contribution in [2.24, 2.45) is 0 Å². The van der Waals surface area contributed by atoms with Crippen LogP contribution in [0.5, 0.6) is 17.2 Å². The summed E-state index contributed by atoms with van der Waals surface area (Å²) in [7, 11) is 3.19. The lowest BCUT2D eigenvalue weighted by molar-refractivity contribution is 0.252. The molecule has 0 unspecified atom stereocenters. The van der Waals surface area contributed by atoms with Crippen molar-refractivity contribution in [1.82, 2.24) is 5.32 Å². The summed E-state index contributed by atoms with van der Waals surface area (Å²) in [5.41, 5.74) is 1.68. The summed E-state index contributed by atoms with van der Waals surface area (Å²) in [5, 5.41) is 17.1. The number of rotatable bonds is 6. The molecule has 27 heavy (non-hydrogen) atoms. The number of benzene rings is 3. The number of nitrogens with one attached hydrogen (secondary N) is 2. The van der Waals surface area contributed by atoms with Gasteiger partial charge in [0.2, 0.25) is 0 Å². The highest BCUT2D eigenvalue weighted by molar-refractivity contribution is 6.03. The zero-order valence-corrected chi connectivity index (χ0v) is 15.3. The number of carbonyl (C=O) groups excluding carboxylic acids is 1. The first-order valence-corrected chi connectivity index (χ1v) is 8.59. The topological polar surface area (TPSA) is 79.8 Å². The molecule has 0 atom stereocenters. The molecule has 3 aromatic carbocycles. The number of anilines is 1. The fourth-order valence-corrected chi connectivity index (χ4v) is 2.93. The SMILES string of the molecule is COc1ccc(CCNC(=O)Nc2cccc3c(O)cccc23)cc1OC. The fourth-order valence-electron chi connectivity index (χ4n) is 2.93. The summed E-state index contributed by atoms with van der Waals surface area (Å²) in [4.78, 5) is 12.2. The summed E-state index contributed by atoms with van der Waals surface area (Å²) in [6.07, 6.45) is 0.657. The molecule has 0 saturated carbocycles. The van der Waals surface area contributed by atoms with Crippen LogP contribution in [0.15, 0.2) is 54.6 Å². The lowest BCUT2D eigenvalue weighted by Gasteiger charge is -2.12. The van der Waals surface area contributed by atoms with Gasteiger partial charge in [0.15, 0.2) is 11.5 Å². The quantitative estimate of drug-likeness (QED) is 0.618. The van der Waals surface area contributed by atoms with Gasteiger partial charge in [-0.1, -0.05) is 30.3 Å². The molecule has 0 radical (unpaired) electrons. The Balaban J connectivity index is 1.60. The molecule has 2 amide bonds. The van der Waals surface area contributed by atoms with Crippen molar-refractivity contribution in [3.63, 3.8) is 0 Å². The second kappa shape index (κ2) is 8.31. The van der Waals surface area contributed by atoms with Gasteiger partial charge in [-0.05, 0) is 36.2 Å². The molecule has 6 nitrogen and oxygen atoms in total. The highest BCUT2D eigenvalue weighted by atomic mass is 16.5. The van der Waals surface area contributed by atoms with Gasteiger partial charge in [0.05, 0.1) is 19.9 Å². The summed E-state index contributed by atoms with van der Waals surface area (Å²) in [6.45, 7) is 0.470. The maximum absolute atomic E-state index is 12.2. The summed E-state index contributed by atoms with van der Waals surface area (Å²) in [6, 6.07) is 16.0. The Bertz CT molecular complexity index is 956. The van der Waals surface area contributed by atoms with E-state index in [9.17, 15) is 9.90 Å². The number of carbonyl (C=O) groups is 1. The third kappa shape index (κ3) is 4.23. The van der Waals surface area contributed by atoms with Crippen LogP contribution in [0.4, 0.5) is 10.5 Å². The van der Waals surface area contributed by atoms with Gasteiger partial charge >= 0.3 is 6.03 Å². The molecule has 0 aliphatic rings. The minimum atomic E-state index is -0.300. The molecule has 0 aliphatic carbocycles. The third-order valence-corrected chi connectivity index (χ3v) is 4.29. The van der Waals surface area contributed by atoms with Crippen LogP contribution < -0.4 is 20.1 Å². The maximum Gasteiger partial charge on any atom is 0.319 e. The smallest absolute Gasteiger partial charge is 0.319 e. The number of methoxy groups -OCH3 is 2. The second-order valence-corrected chi connectivity index (χ2v) is 6.00. The number of phenolic OH excluding ortho intramolecular Hbond substituents is 1. The van der Waals surface area contributed by atoms with E-state index in [-0.39, 0.29) is 11.8 Å². The van der Waals surface area contributed by atoms with Crippen molar-refractivity contribution in [2.45, 2.75) is 6.42 Å². The molecule has 0 fully saturated rings. The monoisotopic (exact) mass is 366 g/mol. The molecule has 0 aromatic heterocycles. The van der Waals surface area contributed by atoms with Gasteiger partial charge in [-0.2, -0.15) is 0 Å². The van der Waals surface area contributed by atoms with Gasteiger partial charge < -0.3 is 25.2 Å². The molecule has 3 rings (SSSR count). The Labute approximate surface area is 157 Å². The molecule has 0 aliphatic heterocycles. The predicted octanol–water partition coefficient (Wildman–Crippen LogP) is 3.93. The van der Waals surface area contributed by atoms with Gasteiger partial charge in [-0.15, -0.1) is 0 Å². The van der Waals surface area contributed by atoms with E-state index in [1.807, 2.05) is 30.3 Å². The van der Waals surface area contributed by atoms with Crippen molar-refractivity contribution < 1.29 is 19.4 Å². The highest BCUT2D eigenvalue weighted by Crippen LogP contribution is 2.30. The minimum Gasteiger partial charge on any atom is -0.507 e. The fraction of sp³-hybridized carbons (Fsp3) is 0.190. The highest BCUT2D eigenvalue weighted by Gasteiger charge is 2.08. The van der Waals surface area contributed by atoms with Crippen LogP contribution in [0.2, 0.25) is 0 Å². The van der Waals surface area contributed by atoms with Crippen LogP contribution in [0.3, 0.4) is 0 Å². The van der Waals surface area contributed by atoms with E-state index in [2.05, 4.69) is 10.6 Å². The Morgan fingerprint density at radius 1 is 0.963 bits per heavy atom. The maximum atomic E-state index is 12.2. The number of hydrogen-bond donors (Lipinski definition) is 3. The zero-order valence-electron chi connectivity index (χ0n) is 15.3. The van der Waals surface area contributed by atoms with E-state index in [0.717, 1.165) is 10.9 Å². The number of ether oxygens (including phenoxy) is 2. The predicted molar refractivity (Wildman–Crippen MR) is 106 cm³/mol. The Morgan fingerprint density at radius 2 is 1.70 bits per heavy atom. The van der Waals surface area contributed by atoms with E-state index >= 15 is 0 Å². The van der Waals surface area contributed by atoms with E-state index in [0.29, 0.717) is 35.5 Å². The Hall–Kier alpha value is -3.41. The number of phenols is 1. The molecular formula is C21H22N2O4. The van der Waals surface area contributed by atoms with Crippen molar-refractivity contribution in [3.05, 3.63) is 60.2 Å². The van der Waals surface area contributed by atoms with Crippen LogP contribution in [-0.2, 0) is 6.42 Å². The lowest BCUT2D eigenvalue weighted by Crippen LogP contribution is -2.30. The van der Waals surface area contributed by atoms with Crippen LogP contribution in [0.1, 0.15) is 5.56 Å². The van der Waals surface area contributed by atoms with Crippen molar-refractivity contribution in [1.29, 1.82) is 0 Å². The van der Waals surface area contributed by atoms with E-state index in [4.69, 9.17) is 9.47 Å². The number of amides is 2. The van der Waals surface area contributed by atoms with Gasteiger partial charge in [0, 0.05) is 17.3 Å². The average Bonchev–Trinajstić information content (AvgIpc) is 2.68. The van der Waals surface area contributed by atoms with Crippen LogP contribution in [-0.4, -0.2) is 31.9 Å². The molecule has 3 aromatic rings. The van der Waals surface area contributed by atoms with Crippen LogP contribution in [0.25, 0.3) is 10.8 Å². The summed E-state index contributed by atoms with van der Waals surface area (Å²) >= 11 is 0. The van der Waals surface area contributed by atoms with E-state index in [1.165, 1.54) is 0 Å². The molecule has 6 heteroatoms. The standard InChI is InChI=1S/C21H22N2O4/c1-26-19-10-9-14(13-20(19)27-2)11-12-22-21(25)23-17-7-3-6-16-15(17)5-4-8-18(16)24/h3-10,13,24H,11-12H2,1-2H3,(H2,22,23,25). The molecule has 0 heterocycles. The molecule has 0 bridgehead atoms. The largest absolute Gasteiger partial charge is 0.507 e. The van der Waals surface area contributed by atoms with Crippen molar-refractivity contribution in [2.75, 3.05) is 26.1 Å². The molecule has 0 spiro atoms. The van der Waals surface area contributed by atoms with Gasteiger partial charge in [0.25, 0.3) is 0 Å². The Morgan fingerprint density at radius 3 is 2.48 bits per heavy atom.